The molecule has 142 valence electrons. The van der Waals surface area contributed by atoms with Gasteiger partial charge in [-0.15, -0.1) is 0 Å². The number of hydrogen-bond donors (Lipinski definition) is 2. The van der Waals surface area contributed by atoms with Crippen molar-refractivity contribution >= 4 is 22.9 Å². The monoisotopic (exact) mass is 359 g/mol. The molecule has 2 N–H and O–H groups in total. The summed E-state index contributed by atoms with van der Waals surface area (Å²) in [4.78, 5) is 24.3. The maximum atomic E-state index is 12.5. The second kappa shape index (κ2) is 7.40. The number of nitrogens with one attached hydrogen (secondary N) is 2. The Kier molecular flexibility index (Phi) is 5.64. The number of rotatable bonds is 5. The summed E-state index contributed by atoms with van der Waals surface area (Å²) in [6, 6.07) is 8.01. The van der Waals surface area contributed by atoms with E-state index in [1.807, 2.05) is 76.6 Å². The van der Waals surface area contributed by atoms with E-state index in [0.29, 0.717) is 0 Å². The zero-order valence-electron chi connectivity index (χ0n) is 16.5. The Balaban J connectivity index is 1.94. The Morgan fingerprint density at radius 2 is 1.77 bits per heavy atom. The van der Waals surface area contributed by atoms with E-state index in [4.69, 9.17) is 4.74 Å². The molecular weight excluding hydrogens is 330 g/mol. The fourth-order valence-electron chi connectivity index (χ4n) is 2.78. The first kappa shape index (κ1) is 19.8. The lowest BCUT2D eigenvalue weighted by Gasteiger charge is -2.28. The molecule has 2 rings (SSSR count). The van der Waals surface area contributed by atoms with Gasteiger partial charge in [0.25, 0.3) is 0 Å². The number of ether oxygens (including phenoxy) is 1. The molecule has 0 saturated carbocycles. The molecule has 1 aromatic carbocycles. The van der Waals surface area contributed by atoms with E-state index >= 15 is 0 Å². The van der Waals surface area contributed by atoms with Crippen molar-refractivity contribution in [3.8, 4) is 0 Å². The molecule has 2 aromatic rings. The number of carbonyl (C=O) groups is 2. The van der Waals surface area contributed by atoms with Gasteiger partial charge in [-0.25, -0.2) is 4.79 Å². The molecule has 0 unspecified atom stereocenters. The molecule has 26 heavy (non-hydrogen) atoms. The molecule has 0 aliphatic rings. The minimum Gasteiger partial charge on any atom is -0.444 e. The average Bonchev–Trinajstić information content (AvgIpc) is 2.80. The highest BCUT2D eigenvalue weighted by Gasteiger charge is 2.23. The van der Waals surface area contributed by atoms with Crippen LogP contribution in [0.3, 0.4) is 0 Å². The Hall–Kier alpha value is -2.50. The van der Waals surface area contributed by atoms with Gasteiger partial charge in [-0.2, -0.15) is 0 Å². The van der Waals surface area contributed by atoms with E-state index in [1.54, 1.807) is 0 Å². The molecule has 6 heteroatoms. The fourth-order valence-corrected chi connectivity index (χ4v) is 2.78. The molecule has 0 spiro atoms. The summed E-state index contributed by atoms with van der Waals surface area (Å²) in [6.45, 7) is 11.7. The summed E-state index contributed by atoms with van der Waals surface area (Å²) in [5.41, 5.74) is 1.03. The highest BCUT2D eigenvalue weighted by atomic mass is 16.6. The van der Waals surface area contributed by atoms with Gasteiger partial charge in [0.05, 0.1) is 5.54 Å². The second-order valence-electron chi connectivity index (χ2n) is 8.24. The first-order valence-electron chi connectivity index (χ1n) is 8.79. The Labute approximate surface area is 154 Å². The normalized spacial score (nSPS) is 12.1. The lowest BCUT2D eigenvalue weighted by Crippen LogP contribution is -2.52. The molecule has 0 bridgehead atoms. The van der Waals surface area contributed by atoms with Crippen molar-refractivity contribution in [3.63, 3.8) is 0 Å². The highest BCUT2D eigenvalue weighted by Crippen LogP contribution is 2.20. The van der Waals surface area contributed by atoms with Crippen LogP contribution in [0.4, 0.5) is 4.79 Å². The van der Waals surface area contributed by atoms with Crippen LogP contribution < -0.4 is 10.6 Å². The molecular formula is C20H29N3O3. The third kappa shape index (κ3) is 5.51. The number of amides is 2. The zero-order valence-corrected chi connectivity index (χ0v) is 16.5. The molecule has 6 nitrogen and oxygen atoms in total. The van der Waals surface area contributed by atoms with Gasteiger partial charge in [-0.1, -0.05) is 18.2 Å². The largest absolute Gasteiger partial charge is 0.444 e. The fraction of sp³-hybridized carbons (Fsp3) is 0.500. The first-order chi connectivity index (χ1) is 12.0. The van der Waals surface area contributed by atoms with Crippen molar-refractivity contribution in [2.75, 3.05) is 6.54 Å². The van der Waals surface area contributed by atoms with Gasteiger partial charge in [0, 0.05) is 23.6 Å². The number of aromatic nitrogens is 1. The quantitative estimate of drug-likeness (QED) is 0.860. The first-order valence-corrected chi connectivity index (χ1v) is 8.79. The lowest BCUT2D eigenvalue weighted by molar-refractivity contribution is -0.123. The van der Waals surface area contributed by atoms with Crippen molar-refractivity contribution < 1.29 is 14.3 Å². The van der Waals surface area contributed by atoms with Crippen LogP contribution in [0, 0.1) is 6.92 Å². The van der Waals surface area contributed by atoms with Crippen LogP contribution in [0.1, 0.15) is 40.2 Å². The second-order valence-corrected chi connectivity index (χ2v) is 8.24. The molecule has 2 amide bonds. The summed E-state index contributed by atoms with van der Waals surface area (Å²) >= 11 is 0. The van der Waals surface area contributed by atoms with E-state index in [0.717, 1.165) is 16.5 Å². The van der Waals surface area contributed by atoms with E-state index in [1.165, 1.54) is 0 Å². The van der Waals surface area contributed by atoms with Crippen LogP contribution >= 0.6 is 0 Å². The van der Waals surface area contributed by atoms with Crippen LogP contribution in [-0.2, 0) is 16.1 Å². The smallest absolute Gasteiger partial charge is 0.407 e. The number of alkyl carbamates (subject to hydrolysis) is 1. The van der Waals surface area contributed by atoms with Gasteiger partial charge in [0.15, 0.2) is 0 Å². The molecule has 0 fully saturated rings. The van der Waals surface area contributed by atoms with Gasteiger partial charge < -0.3 is 19.9 Å². The van der Waals surface area contributed by atoms with E-state index in [9.17, 15) is 9.59 Å². The zero-order chi connectivity index (χ0) is 19.5. The van der Waals surface area contributed by atoms with Crippen LogP contribution in [0.5, 0.6) is 0 Å². The SMILES string of the molecule is Cc1cn(CC(=O)NC(C)(C)CNC(=O)OC(C)(C)C)c2ccccc12. The maximum absolute atomic E-state index is 12.5. The molecule has 0 radical (unpaired) electrons. The number of benzene rings is 1. The number of fused-ring (bicyclic) bond motifs is 1. The number of aryl methyl sites for hydroxylation is 1. The third-order valence-corrected chi connectivity index (χ3v) is 3.85. The Morgan fingerprint density at radius 1 is 1.12 bits per heavy atom. The Morgan fingerprint density at radius 3 is 2.42 bits per heavy atom. The molecule has 0 aliphatic carbocycles. The minimum absolute atomic E-state index is 0.109. The Bertz CT molecular complexity index is 800. The van der Waals surface area contributed by atoms with Crippen molar-refractivity contribution in [2.45, 2.75) is 59.2 Å². The minimum atomic E-state index is -0.591. The van der Waals surface area contributed by atoms with Crippen LogP contribution in [-0.4, -0.2) is 34.3 Å². The standard InChI is InChI=1S/C20H29N3O3/c1-14-11-23(16-10-8-7-9-15(14)16)12-17(24)22-20(5,6)13-21-18(25)26-19(2,3)4/h7-11H,12-13H2,1-6H3,(H,21,25)(H,22,24). The molecule has 1 heterocycles. The third-order valence-electron chi connectivity index (χ3n) is 3.85. The number of nitrogens with zero attached hydrogens (tertiary/aromatic N) is 1. The number of hydrogen-bond acceptors (Lipinski definition) is 3. The van der Waals surface area contributed by atoms with Crippen LogP contribution in [0.15, 0.2) is 30.5 Å². The van der Waals surface area contributed by atoms with Crippen LogP contribution in [0.2, 0.25) is 0 Å². The predicted octanol–water partition coefficient (Wildman–Crippen LogP) is 3.37. The molecule has 0 saturated heterocycles. The van der Waals surface area contributed by atoms with E-state index < -0.39 is 17.2 Å². The topological polar surface area (TPSA) is 72.4 Å². The van der Waals surface area contributed by atoms with Gasteiger partial charge in [-0.05, 0) is 53.2 Å². The van der Waals surface area contributed by atoms with Crippen molar-refractivity contribution in [1.82, 2.24) is 15.2 Å². The lowest BCUT2D eigenvalue weighted by atomic mass is 10.1. The predicted molar refractivity (Wildman–Crippen MR) is 103 cm³/mol. The van der Waals surface area contributed by atoms with Gasteiger partial charge in [0.1, 0.15) is 12.1 Å². The molecule has 0 atom stereocenters. The van der Waals surface area contributed by atoms with Gasteiger partial charge in [0.2, 0.25) is 5.91 Å². The van der Waals surface area contributed by atoms with Crippen molar-refractivity contribution in [3.05, 3.63) is 36.0 Å². The van der Waals surface area contributed by atoms with Gasteiger partial charge in [-0.3, -0.25) is 4.79 Å². The van der Waals surface area contributed by atoms with Crippen molar-refractivity contribution in [2.24, 2.45) is 0 Å². The molecule has 0 aliphatic heterocycles. The highest BCUT2D eigenvalue weighted by molar-refractivity contribution is 5.86. The van der Waals surface area contributed by atoms with Crippen LogP contribution in [0.25, 0.3) is 10.9 Å². The summed E-state index contributed by atoms with van der Waals surface area (Å²) in [6.07, 6.45) is 1.49. The van der Waals surface area contributed by atoms with E-state index in [-0.39, 0.29) is 19.0 Å². The summed E-state index contributed by atoms with van der Waals surface area (Å²) in [5.74, 6) is -0.109. The molecule has 1 aromatic heterocycles. The van der Waals surface area contributed by atoms with Gasteiger partial charge >= 0.3 is 6.09 Å². The van der Waals surface area contributed by atoms with Crippen molar-refractivity contribution in [1.29, 1.82) is 0 Å². The summed E-state index contributed by atoms with van der Waals surface area (Å²) in [7, 11) is 0. The number of carbonyl (C=O) groups excluding carboxylic acids is 2. The average molecular weight is 359 g/mol. The summed E-state index contributed by atoms with van der Waals surface area (Å²) in [5, 5.41) is 6.81. The summed E-state index contributed by atoms with van der Waals surface area (Å²) < 4.78 is 7.16. The van der Waals surface area contributed by atoms with E-state index in [2.05, 4.69) is 10.6 Å². The number of para-hydroxylation sites is 1. The maximum Gasteiger partial charge on any atom is 0.407 e.